The molecule has 0 fully saturated rings. The fraction of sp³-hybridized carbons (Fsp3) is 0.100. The molecule has 0 aliphatic rings. The molecule has 9 nitrogen and oxygen atoms in total. The lowest BCUT2D eigenvalue weighted by molar-refractivity contribution is -0.123. The number of amides is 1. The SMILES string of the molecule is C[C@H](OC(=O)c1cccc(-n2cnnn2)c1)C(=O)Nc1nc(-c2ccccc2)cs1. The number of rotatable bonds is 6. The smallest absolute Gasteiger partial charge is 0.338 e. The summed E-state index contributed by atoms with van der Waals surface area (Å²) in [6, 6.07) is 16.2. The van der Waals surface area contributed by atoms with Crippen LogP contribution >= 0.6 is 11.3 Å². The van der Waals surface area contributed by atoms with Gasteiger partial charge in [0.15, 0.2) is 11.2 Å². The Morgan fingerprint density at radius 1 is 1.13 bits per heavy atom. The number of benzene rings is 2. The van der Waals surface area contributed by atoms with Crippen LogP contribution in [-0.2, 0) is 9.53 Å². The second-order valence-electron chi connectivity index (χ2n) is 6.25. The normalized spacial score (nSPS) is 11.6. The van der Waals surface area contributed by atoms with Gasteiger partial charge in [-0.1, -0.05) is 36.4 Å². The second kappa shape index (κ2) is 8.62. The minimum Gasteiger partial charge on any atom is -0.449 e. The second-order valence-corrected chi connectivity index (χ2v) is 7.10. The molecule has 4 rings (SSSR count). The van der Waals surface area contributed by atoms with Crippen molar-refractivity contribution in [1.82, 2.24) is 25.2 Å². The number of hydrogen-bond donors (Lipinski definition) is 1. The van der Waals surface area contributed by atoms with Crippen LogP contribution in [0.15, 0.2) is 66.3 Å². The summed E-state index contributed by atoms with van der Waals surface area (Å²) in [5.74, 6) is -1.09. The van der Waals surface area contributed by atoms with Crippen molar-refractivity contribution in [3.63, 3.8) is 0 Å². The molecule has 0 bridgehead atoms. The Hall–Kier alpha value is -3.92. The van der Waals surface area contributed by atoms with Gasteiger partial charge in [0, 0.05) is 10.9 Å². The Kier molecular flexibility index (Phi) is 5.57. The quantitative estimate of drug-likeness (QED) is 0.477. The molecule has 0 unspecified atom stereocenters. The van der Waals surface area contributed by atoms with Crippen LogP contribution in [0.1, 0.15) is 17.3 Å². The summed E-state index contributed by atoms with van der Waals surface area (Å²) in [6.07, 6.45) is 0.413. The number of carbonyl (C=O) groups excluding carboxylic acids is 2. The molecule has 0 aliphatic carbocycles. The van der Waals surface area contributed by atoms with Crippen molar-refractivity contribution >= 4 is 28.3 Å². The number of nitrogens with zero attached hydrogens (tertiary/aromatic N) is 5. The molecule has 0 radical (unpaired) electrons. The summed E-state index contributed by atoms with van der Waals surface area (Å²) in [7, 11) is 0. The van der Waals surface area contributed by atoms with E-state index in [1.807, 2.05) is 35.7 Å². The average Bonchev–Trinajstić information content (AvgIpc) is 3.47. The minimum atomic E-state index is -1.00. The van der Waals surface area contributed by atoms with E-state index in [0.717, 1.165) is 11.3 Å². The first-order valence-electron chi connectivity index (χ1n) is 8.96. The van der Waals surface area contributed by atoms with Crippen LogP contribution < -0.4 is 5.32 Å². The van der Waals surface area contributed by atoms with Crippen LogP contribution in [0.2, 0.25) is 0 Å². The standard InChI is InChI=1S/C20H16N6O3S/c1-13(18(27)23-20-22-17(11-30-20)14-6-3-2-4-7-14)29-19(28)15-8-5-9-16(10-15)26-12-21-24-25-26/h2-13H,1H3,(H,22,23,27)/t13-/m0/s1. The molecule has 1 amide bonds. The lowest BCUT2D eigenvalue weighted by Crippen LogP contribution is -2.30. The number of thiazole rings is 1. The van der Waals surface area contributed by atoms with Crippen LogP contribution in [0.4, 0.5) is 5.13 Å². The third-order valence-corrected chi connectivity index (χ3v) is 4.91. The highest BCUT2D eigenvalue weighted by atomic mass is 32.1. The van der Waals surface area contributed by atoms with Crippen molar-refractivity contribution < 1.29 is 14.3 Å². The number of ether oxygens (including phenoxy) is 1. The van der Waals surface area contributed by atoms with Crippen LogP contribution in [-0.4, -0.2) is 43.2 Å². The van der Waals surface area contributed by atoms with E-state index in [2.05, 4.69) is 25.8 Å². The van der Waals surface area contributed by atoms with E-state index in [0.29, 0.717) is 10.8 Å². The molecule has 10 heteroatoms. The molecular formula is C20H16N6O3S. The van der Waals surface area contributed by atoms with Crippen LogP contribution in [0.25, 0.3) is 16.9 Å². The van der Waals surface area contributed by atoms with E-state index >= 15 is 0 Å². The van der Waals surface area contributed by atoms with Crippen LogP contribution in [0.3, 0.4) is 0 Å². The van der Waals surface area contributed by atoms with E-state index in [4.69, 9.17) is 4.74 Å². The first-order valence-corrected chi connectivity index (χ1v) is 9.84. The van der Waals surface area contributed by atoms with Crippen molar-refractivity contribution in [3.05, 3.63) is 71.9 Å². The van der Waals surface area contributed by atoms with Crippen LogP contribution in [0, 0.1) is 0 Å². The summed E-state index contributed by atoms with van der Waals surface area (Å²) in [6.45, 7) is 1.50. The zero-order chi connectivity index (χ0) is 20.9. The Morgan fingerprint density at radius 2 is 1.97 bits per heavy atom. The van der Waals surface area contributed by atoms with Gasteiger partial charge in [0.25, 0.3) is 5.91 Å². The Morgan fingerprint density at radius 3 is 2.73 bits per heavy atom. The highest BCUT2D eigenvalue weighted by Crippen LogP contribution is 2.24. The predicted molar refractivity (Wildman–Crippen MR) is 110 cm³/mol. The summed E-state index contributed by atoms with van der Waals surface area (Å²) >= 11 is 1.30. The zero-order valence-corrected chi connectivity index (χ0v) is 16.6. The molecule has 2 heterocycles. The molecular weight excluding hydrogens is 404 g/mol. The van der Waals surface area contributed by atoms with Crippen molar-refractivity contribution in [3.8, 4) is 16.9 Å². The number of anilines is 1. The molecule has 0 aliphatic heterocycles. The van der Waals surface area contributed by atoms with Gasteiger partial charge in [-0.05, 0) is 35.5 Å². The summed E-state index contributed by atoms with van der Waals surface area (Å²) in [5, 5.41) is 15.9. The Balaban J connectivity index is 1.39. The first-order chi connectivity index (χ1) is 14.6. The van der Waals surface area contributed by atoms with Gasteiger partial charge in [-0.25, -0.2) is 14.5 Å². The van der Waals surface area contributed by atoms with E-state index < -0.39 is 18.0 Å². The zero-order valence-electron chi connectivity index (χ0n) is 15.8. The van der Waals surface area contributed by atoms with Gasteiger partial charge < -0.3 is 4.74 Å². The lowest BCUT2D eigenvalue weighted by Gasteiger charge is -2.12. The van der Waals surface area contributed by atoms with E-state index in [-0.39, 0.29) is 5.56 Å². The molecule has 1 N–H and O–H groups in total. The van der Waals surface area contributed by atoms with E-state index in [9.17, 15) is 9.59 Å². The number of carbonyl (C=O) groups is 2. The number of aromatic nitrogens is 5. The molecule has 0 spiro atoms. The van der Waals surface area contributed by atoms with Crippen molar-refractivity contribution in [2.75, 3.05) is 5.32 Å². The predicted octanol–water partition coefficient (Wildman–Crippen LogP) is 2.97. The van der Waals surface area contributed by atoms with Crippen molar-refractivity contribution in [2.24, 2.45) is 0 Å². The maximum Gasteiger partial charge on any atom is 0.338 e. The fourth-order valence-corrected chi connectivity index (χ4v) is 3.34. The van der Waals surface area contributed by atoms with E-state index in [1.54, 1.807) is 24.3 Å². The molecule has 0 saturated heterocycles. The molecule has 0 saturated carbocycles. The van der Waals surface area contributed by atoms with E-state index in [1.165, 1.54) is 29.3 Å². The number of hydrogen-bond acceptors (Lipinski definition) is 8. The Bertz CT molecular complexity index is 1160. The summed E-state index contributed by atoms with van der Waals surface area (Å²) in [5.41, 5.74) is 2.60. The Labute approximate surface area is 175 Å². The van der Waals surface area contributed by atoms with Gasteiger partial charge in [-0.3, -0.25) is 10.1 Å². The fourth-order valence-electron chi connectivity index (χ4n) is 2.62. The molecule has 2 aromatic carbocycles. The first kappa shape index (κ1) is 19.4. The lowest BCUT2D eigenvalue weighted by atomic mass is 10.2. The third kappa shape index (κ3) is 4.39. The van der Waals surface area contributed by atoms with Gasteiger partial charge in [0.2, 0.25) is 0 Å². The topological polar surface area (TPSA) is 112 Å². The highest BCUT2D eigenvalue weighted by Gasteiger charge is 2.20. The monoisotopic (exact) mass is 420 g/mol. The minimum absolute atomic E-state index is 0.281. The highest BCUT2D eigenvalue weighted by molar-refractivity contribution is 7.14. The van der Waals surface area contributed by atoms with Gasteiger partial charge in [0.05, 0.1) is 16.9 Å². The van der Waals surface area contributed by atoms with Crippen molar-refractivity contribution in [2.45, 2.75) is 13.0 Å². The summed E-state index contributed by atoms with van der Waals surface area (Å²) in [4.78, 5) is 29.3. The van der Waals surface area contributed by atoms with Crippen LogP contribution in [0.5, 0.6) is 0 Å². The maximum atomic E-state index is 12.4. The molecule has 4 aromatic rings. The largest absolute Gasteiger partial charge is 0.449 e. The molecule has 30 heavy (non-hydrogen) atoms. The third-order valence-electron chi connectivity index (χ3n) is 4.15. The van der Waals surface area contributed by atoms with Gasteiger partial charge in [-0.15, -0.1) is 16.4 Å². The summed E-state index contributed by atoms with van der Waals surface area (Å²) < 4.78 is 6.72. The van der Waals surface area contributed by atoms with Gasteiger partial charge in [-0.2, -0.15) is 0 Å². The molecule has 1 atom stereocenters. The van der Waals surface area contributed by atoms with Gasteiger partial charge >= 0.3 is 5.97 Å². The van der Waals surface area contributed by atoms with Crippen molar-refractivity contribution in [1.29, 1.82) is 0 Å². The average molecular weight is 420 g/mol. The maximum absolute atomic E-state index is 12.4. The molecule has 2 aromatic heterocycles. The number of esters is 1. The number of nitrogens with one attached hydrogen (secondary N) is 1. The molecule has 150 valence electrons. The van der Waals surface area contributed by atoms with Gasteiger partial charge in [0.1, 0.15) is 6.33 Å². The number of tetrazole rings is 1.